The molecule has 0 aliphatic heterocycles. The summed E-state index contributed by atoms with van der Waals surface area (Å²) in [6.07, 6.45) is 0. The first-order valence-electron chi connectivity index (χ1n) is 7.43. The minimum atomic E-state index is -2.94. The van der Waals surface area contributed by atoms with Crippen molar-refractivity contribution in [2.45, 2.75) is 32.3 Å². The Labute approximate surface area is 160 Å². The molecule has 0 bridgehead atoms. The predicted octanol–water partition coefficient (Wildman–Crippen LogP) is 4.81. The molecule has 6 heteroatoms. The van der Waals surface area contributed by atoms with E-state index in [2.05, 4.69) is 16.0 Å². The Balaban J connectivity index is -0.000000107. The number of hydrogen-bond donors (Lipinski definition) is 0. The van der Waals surface area contributed by atoms with Gasteiger partial charge in [-0.15, -0.1) is 0 Å². The van der Waals surface area contributed by atoms with Gasteiger partial charge in [0.2, 0.25) is 0 Å². The molecule has 0 N–H and O–H groups in total. The van der Waals surface area contributed by atoms with Crippen molar-refractivity contribution in [2.24, 2.45) is 0 Å². The van der Waals surface area contributed by atoms with Crippen LogP contribution in [-0.4, -0.2) is 54.5 Å². The Hall–Kier alpha value is 0.573. The third-order valence-electron chi connectivity index (χ3n) is 2.30. The van der Waals surface area contributed by atoms with Gasteiger partial charge in [0.05, 0.1) is 0 Å². The van der Waals surface area contributed by atoms with E-state index in [9.17, 15) is 3.50 Å². The van der Waals surface area contributed by atoms with E-state index in [1.54, 1.807) is 32.7 Å². The summed E-state index contributed by atoms with van der Waals surface area (Å²) in [4.78, 5) is 0. The third kappa shape index (κ3) is 28.7. The summed E-state index contributed by atoms with van der Waals surface area (Å²) in [5, 5.41) is 11.2. The molecule has 0 aliphatic rings. The molecule has 0 aromatic heterocycles. The van der Waals surface area contributed by atoms with Gasteiger partial charge < -0.3 is 16.0 Å². The van der Waals surface area contributed by atoms with E-state index in [-0.39, 0.29) is 25.8 Å². The molecule has 0 saturated heterocycles. The first-order valence-corrected chi connectivity index (χ1v) is 13.5. The number of nitrogens with zero attached hydrogens (tertiary/aromatic N) is 3. The molecule has 0 saturated carbocycles. The van der Waals surface area contributed by atoms with Crippen molar-refractivity contribution in [3.05, 3.63) is 40.2 Å². The van der Waals surface area contributed by atoms with Crippen LogP contribution in [0.5, 0.6) is 0 Å². The molecule has 22 heavy (non-hydrogen) atoms. The van der Waals surface area contributed by atoms with Crippen LogP contribution in [0.25, 0.3) is 16.0 Å². The summed E-state index contributed by atoms with van der Waals surface area (Å²) in [7, 11) is 5.42. The Morgan fingerprint density at radius 1 is 0.818 bits per heavy atom. The smallest absolute Gasteiger partial charge is 4.00 e. The van der Waals surface area contributed by atoms with Gasteiger partial charge in [0.15, 0.2) is 0 Å². The van der Waals surface area contributed by atoms with Crippen LogP contribution in [0.4, 0.5) is 3.50 Å². The maximum Gasteiger partial charge on any atom is 4.00 e. The van der Waals surface area contributed by atoms with E-state index < -0.39 is 13.7 Å². The van der Waals surface area contributed by atoms with Gasteiger partial charge in [-0.25, -0.2) is 0 Å². The molecule has 0 heterocycles. The van der Waals surface area contributed by atoms with Gasteiger partial charge in [-0.1, -0.05) is 20.8 Å². The van der Waals surface area contributed by atoms with Crippen molar-refractivity contribution in [1.82, 2.24) is 0 Å². The van der Waals surface area contributed by atoms with Crippen molar-refractivity contribution in [3.8, 4) is 0 Å². The minimum absolute atomic E-state index is 0. The molecule has 0 aliphatic carbocycles. The second kappa shape index (κ2) is 23.8. The first-order chi connectivity index (χ1) is 9.85. The fraction of sp³-hybridized carbons (Fsp3) is 0.688. The second-order valence-corrected chi connectivity index (χ2v) is 11.9. The zero-order valence-corrected chi connectivity index (χ0v) is 21.3. The summed E-state index contributed by atoms with van der Waals surface area (Å²) in [5.41, 5.74) is 0. The maximum atomic E-state index is 13.1. The Morgan fingerprint density at radius 3 is 1.14 bits per heavy atom. The molecular weight excluding hydrogens is 504 g/mol. The first kappa shape index (κ1) is 30.5. The number of rotatable bonds is 4. The normalized spacial score (nSPS) is 8.95. The van der Waals surface area contributed by atoms with E-state index >= 15 is 0 Å². The number of halogens is 1. The standard InChI is InChI=1S/C7H10FGe.3C3H8N.Hf/c1-9(2,8)7-5-3-4-6-7;3*1-3-4-2;/h3-6H,1-2H3;3*3H2,1-2H3;/q4*-1;+4. The summed E-state index contributed by atoms with van der Waals surface area (Å²) in [5.74, 6) is 3.49. The van der Waals surface area contributed by atoms with Gasteiger partial charge in [-0.3, -0.25) is 0 Å². The van der Waals surface area contributed by atoms with Crippen LogP contribution in [0.3, 0.4) is 0 Å². The van der Waals surface area contributed by atoms with E-state index in [4.69, 9.17) is 0 Å². The fourth-order valence-corrected chi connectivity index (χ4v) is 2.84. The molecule has 0 atom stereocenters. The maximum absolute atomic E-state index is 13.1. The molecule has 1 rings (SSSR count). The zero-order valence-electron chi connectivity index (χ0n) is 15.7. The topological polar surface area (TPSA) is 42.3 Å². The van der Waals surface area contributed by atoms with Crippen LogP contribution in [0.15, 0.2) is 24.3 Å². The van der Waals surface area contributed by atoms with Crippen molar-refractivity contribution in [3.63, 3.8) is 0 Å². The molecule has 3 nitrogen and oxygen atoms in total. The van der Waals surface area contributed by atoms with Crippen LogP contribution in [0.2, 0.25) is 11.5 Å². The predicted molar refractivity (Wildman–Crippen MR) is 99.7 cm³/mol. The Morgan fingerprint density at radius 2 is 1.05 bits per heavy atom. The molecular formula is C16H34FGeHfN3. The zero-order chi connectivity index (χ0) is 17.1. The average Bonchev–Trinajstić information content (AvgIpc) is 3.02. The minimum Gasteiger partial charge on any atom is 4.00 e. The van der Waals surface area contributed by atoms with Crippen LogP contribution in [0.1, 0.15) is 20.8 Å². The summed E-state index contributed by atoms with van der Waals surface area (Å²) < 4.78 is 14.1. The van der Waals surface area contributed by atoms with Crippen molar-refractivity contribution in [1.29, 1.82) is 0 Å². The molecule has 0 fully saturated rings. The van der Waals surface area contributed by atoms with Crippen LogP contribution >= 0.6 is 0 Å². The van der Waals surface area contributed by atoms with E-state index in [0.29, 0.717) is 0 Å². The van der Waals surface area contributed by atoms with Gasteiger partial charge in [0.25, 0.3) is 0 Å². The van der Waals surface area contributed by atoms with Crippen molar-refractivity contribution >= 4 is 18.1 Å². The molecule has 1 aromatic carbocycles. The molecule has 0 radical (unpaired) electrons. The molecule has 0 unspecified atom stereocenters. The third-order valence-corrected chi connectivity index (χ3v) is 5.88. The summed E-state index contributed by atoms with van der Waals surface area (Å²) >= 11 is -2.94. The average molecular weight is 539 g/mol. The van der Waals surface area contributed by atoms with Gasteiger partial charge in [-0.05, 0) is 0 Å². The van der Waals surface area contributed by atoms with Crippen LogP contribution in [0, 0.1) is 0 Å². The van der Waals surface area contributed by atoms with Gasteiger partial charge in [0, 0.05) is 0 Å². The van der Waals surface area contributed by atoms with E-state index in [1.807, 2.05) is 45.0 Å². The largest absolute Gasteiger partial charge is 4.00 e. The second-order valence-electron chi connectivity index (χ2n) is 4.54. The molecule has 0 amide bonds. The van der Waals surface area contributed by atoms with Crippen molar-refractivity contribution in [2.75, 3.05) is 40.8 Å². The van der Waals surface area contributed by atoms with Gasteiger partial charge >= 0.3 is 83.2 Å². The Bertz CT molecular complexity index is 249. The van der Waals surface area contributed by atoms with Crippen LogP contribution in [-0.2, 0) is 25.8 Å². The van der Waals surface area contributed by atoms with Crippen molar-refractivity contribution < 1.29 is 29.3 Å². The number of hydrogen-bond acceptors (Lipinski definition) is 0. The van der Waals surface area contributed by atoms with Gasteiger partial charge in [-0.2, -0.15) is 40.8 Å². The monoisotopic (exact) mass is 541 g/mol. The summed E-state index contributed by atoms with van der Waals surface area (Å²) in [6.45, 7) is 8.88. The fourth-order valence-electron chi connectivity index (χ4n) is 0.770. The molecule has 1 aromatic rings. The Kier molecular flexibility index (Phi) is 33.0. The van der Waals surface area contributed by atoms with E-state index in [1.165, 1.54) is 0 Å². The quantitative estimate of drug-likeness (QED) is 0.390. The SMILES string of the molecule is CC[N-]C.CC[N-]C.CC[N-]C.[CH3][Ge]([CH3])([F])[c-]1cccc1.[Hf+4]. The van der Waals surface area contributed by atoms with E-state index in [0.717, 1.165) is 24.0 Å². The molecule has 128 valence electrons. The molecule has 0 spiro atoms. The summed E-state index contributed by atoms with van der Waals surface area (Å²) in [6, 6.07) is 7.53. The van der Waals surface area contributed by atoms with Gasteiger partial charge in [0.1, 0.15) is 0 Å². The van der Waals surface area contributed by atoms with Crippen LogP contribution < -0.4 is 4.40 Å².